The number of hydrogen-bond donors (Lipinski definition) is 2. The summed E-state index contributed by atoms with van der Waals surface area (Å²) in [6.45, 7) is 0.963. The van der Waals surface area contributed by atoms with Gasteiger partial charge in [-0.15, -0.1) is 0 Å². The van der Waals surface area contributed by atoms with Gasteiger partial charge < -0.3 is 10.4 Å². The summed E-state index contributed by atoms with van der Waals surface area (Å²) >= 11 is 5.84. The molecule has 1 aliphatic heterocycles. The molecule has 0 fully saturated rings. The molecule has 0 spiro atoms. The predicted molar refractivity (Wildman–Crippen MR) is 48.1 cm³/mol. The Morgan fingerprint density at radius 1 is 1.58 bits per heavy atom. The Kier molecular flexibility index (Phi) is 2.05. The maximum absolute atomic E-state index is 9.00. The normalized spacial score (nSPS) is 21.0. The number of aliphatic hydroxyl groups excluding tert-OH is 1. The van der Waals surface area contributed by atoms with Crippen LogP contribution in [0.25, 0.3) is 0 Å². The number of halogens is 1. The third kappa shape index (κ3) is 1.22. The van der Waals surface area contributed by atoms with Gasteiger partial charge in [0.25, 0.3) is 0 Å². The first-order valence-corrected chi connectivity index (χ1v) is 4.31. The summed E-state index contributed by atoms with van der Waals surface area (Å²) in [4.78, 5) is 0. The Bertz CT molecular complexity index is 301. The topological polar surface area (TPSA) is 32.3 Å². The predicted octanol–water partition coefficient (Wildman–Crippen LogP) is 1.48. The molecule has 0 aliphatic carbocycles. The molecule has 0 unspecified atom stereocenters. The van der Waals surface area contributed by atoms with Crippen molar-refractivity contribution in [3.63, 3.8) is 0 Å². The smallest absolute Gasteiger partial charge is 0.0626 e. The molecular weight excluding hydrogens is 174 g/mol. The van der Waals surface area contributed by atoms with Crippen molar-refractivity contribution < 1.29 is 5.11 Å². The minimum absolute atomic E-state index is 0.0682. The number of rotatable bonds is 1. The van der Waals surface area contributed by atoms with E-state index in [9.17, 15) is 0 Å². The number of nitrogens with one attached hydrogen (secondary N) is 1. The fourth-order valence-corrected chi connectivity index (χ4v) is 1.74. The van der Waals surface area contributed by atoms with Crippen molar-refractivity contribution >= 4 is 11.6 Å². The van der Waals surface area contributed by atoms with E-state index in [1.54, 1.807) is 0 Å². The highest BCUT2D eigenvalue weighted by Crippen LogP contribution is 2.27. The van der Waals surface area contributed by atoms with Gasteiger partial charge in [-0.3, -0.25) is 0 Å². The number of fused-ring (bicyclic) bond motifs is 1. The molecule has 0 radical (unpaired) electrons. The van der Waals surface area contributed by atoms with Crippen molar-refractivity contribution in [2.75, 3.05) is 6.61 Å². The van der Waals surface area contributed by atoms with Gasteiger partial charge in [0.1, 0.15) is 0 Å². The second-order valence-electron chi connectivity index (χ2n) is 2.96. The van der Waals surface area contributed by atoms with Crippen molar-refractivity contribution in [3.8, 4) is 0 Å². The summed E-state index contributed by atoms with van der Waals surface area (Å²) in [6, 6.07) is 5.86. The molecule has 1 atom stereocenters. The van der Waals surface area contributed by atoms with Gasteiger partial charge in [-0.25, -0.2) is 0 Å². The first kappa shape index (κ1) is 8.05. The number of hydrogen-bond acceptors (Lipinski definition) is 2. The van der Waals surface area contributed by atoms with Gasteiger partial charge in [0, 0.05) is 11.6 Å². The highest BCUT2D eigenvalue weighted by molar-refractivity contribution is 6.30. The van der Waals surface area contributed by atoms with Crippen molar-refractivity contribution in [2.24, 2.45) is 0 Å². The molecule has 64 valence electrons. The molecule has 0 amide bonds. The molecule has 1 heterocycles. The average Bonchev–Trinajstić information content (AvgIpc) is 2.46. The fourth-order valence-electron chi connectivity index (χ4n) is 1.56. The minimum atomic E-state index is 0.0682. The van der Waals surface area contributed by atoms with E-state index < -0.39 is 0 Å². The van der Waals surface area contributed by atoms with E-state index in [1.807, 2.05) is 18.2 Å². The molecule has 0 saturated heterocycles. The summed E-state index contributed by atoms with van der Waals surface area (Å²) in [7, 11) is 0. The molecule has 1 aliphatic rings. The summed E-state index contributed by atoms with van der Waals surface area (Å²) in [5.74, 6) is 0. The molecule has 12 heavy (non-hydrogen) atoms. The minimum Gasteiger partial charge on any atom is -0.394 e. The van der Waals surface area contributed by atoms with Crippen LogP contribution in [0, 0.1) is 0 Å². The average molecular weight is 184 g/mol. The summed E-state index contributed by atoms with van der Waals surface area (Å²) in [5, 5.41) is 12.9. The number of benzene rings is 1. The first-order chi connectivity index (χ1) is 5.81. The zero-order valence-corrected chi connectivity index (χ0v) is 7.30. The van der Waals surface area contributed by atoms with Gasteiger partial charge in [0.2, 0.25) is 0 Å². The summed E-state index contributed by atoms with van der Waals surface area (Å²) < 4.78 is 0. The van der Waals surface area contributed by atoms with Crippen molar-refractivity contribution in [1.82, 2.24) is 5.32 Å². The molecular formula is C9H10ClNO. The number of aliphatic hydroxyl groups is 1. The molecule has 2 nitrogen and oxygen atoms in total. The lowest BCUT2D eigenvalue weighted by Crippen LogP contribution is -2.15. The lowest BCUT2D eigenvalue weighted by Gasteiger charge is -2.07. The summed E-state index contributed by atoms with van der Waals surface area (Å²) in [5.41, 5.74) is 2.36. The van der Waals surface area contributed by atoms with E-state index in [0.717, 1.165) is 17.1 Å². The fraction of sp³-hybridized carbons (Fsp3) is 0.333. The van der Waals surface area contributed by atoms with Crippen LogP contribution in [0.4, 0.5) is 0 Å². The van der Waals surface area contributed by atoms with Gasteiger partial charge in [-0.05, 0) is 23.3 Å². The van der Waals surface area contributed by atoms with Gasteiger partial charge in [0.15, 0.2) is 0 Å². The van der Waals surface area contributed by atoms with Crippen LogP contribution in [0.15, 0.2) is 18.2 Å². The summed E-state index contributed by atoms with van der Waals surface area (Å²) in [6.07, 6.45) is 0. The maximum Gasteiger partial charge on any atom is 0.0626 e. The molecule has 3 heteroatoms. The monoisotopic (exact) mass is 183 g/mol. The van der Waals surface area contributed by atoms with E-state index in [0.29, 0.717) is 0 Å². The molecule has 0 saturated carbocycles. The first-order valence-electron chi connectivity index (χ1n) is 3.94. The van der Waals surface area contributed by atoms with Crippen LogP contribution in [-0.4, -0.2) is 11.7 Å². The third-order valence-electron chi connectivity index (χ3n) is 2.20. The van der Waals surface area contributed by atoms with Crippen LogP contribution in [0.2, 0.25) is 5.02 Å². The molecule has 0 bridgehead atoms. The Morgan fingerprint density at radius 2 is 2.42 bits per heavy atom. The second kappa shape index (κ2) is 3.05. The Balaban J connectivity index is 2.42. The van der Waals surface area contributed by atoms with E-state index in [-0.39, 0.29) is 12.6 Å². The standard InChI is InChI=1S/C9H10ClNO/c10-7-2-1-6-4-11-9(5-12)8(6)3-7/h1-3,9,11-12H,4-5H2/t9-/m1/s1. The zero-order valence-electron chi connectivity index (χ0n) is 6.55. The molecule has 0 aromatic heterocycles. The lowest BCUT2D eigenvalue weighted by molar-refractivity contribution is 0.251. The van der Waals surface area contributed by atoms with Gasteiger partial charge >= 0.3 is 0 Å². The van der Waals surface area contributed by atoms with Crippen LogP contribution >= 0.6 is 11.6 Å². The van der Waals surface area contributed by atoms with Crippen LogP contribution in [0.1, 0.15) is 17.2 Å². The van der Waals surface area contributed by atoms with Gasteiger partial charge in [-0.2, -0.15) is 0 Å². The van der Waals surface area contributed by atoms with E-state index in [4.69, 9.17) is 16.7 Å². The van der Waals surface area contributed by atoms with Gasteiger partial charge in [0.05, 0.1) is 12.6 Å². The van der Waals surface area contributed by atoms with Crippen molar-refractivity contribution in [2.45, 2.75) is 12.6 Å². The van der Waals surface area contributed by atoms with Crippen molar-refractivity contribution in [1.29, 1.82) is 0 Å². The van der Waals surface area contributed by atoms with Crippen LogP contribution in [-0.2, 0) is 6.54 Å². The van der Waals surface area contributed by atoms with Crippen LogP contribution in [0.5, 0.6) is 0 Å². The molecule has 1 aromatic carbocycles. The van der Waals surface area contributed by atoms with E-state index in [1.165, 1.54) is 5.56 Å². The maximum atomic E-state index is 9.00. The SMILES string of the molecule is OC[C@H]1NCc2ccc(Cl)cc21. The van der Waals surface area contributed by atoms with Crippen LogP contribution in [0.3, 0.4) is 0 Å². The molecule has 1 aromatic rings. The highest BCUT2D eigenvalue weighted by atomic mass is 35.5. The molecule has 2 rings (SSSR count). The Morgan fingerprint density at radius 3 is 3.17 bits per heavy atom. The Hall–Kier alpha value is -0.570. The van der Waals surface area contributed by atoms with Crippen LogP contribution < -0.4 is 5.32 Å². The van der Waals surface area contributed by atoms with E-state index >= 15 is 0 Å². The zero-order chi connectivity index (χ0) is 8.55. The highest BCUT2D eigenvalue weighted by Gasteiger charge is 2.20. The van der Waals surface area contributed by atoms with Gasteiger partial charge in [-0.1, -0.05) is 17.7 Å². The molecule has 2 N–H and O–H groups in total. The Labute approximate surface area is 76.2 Å². The van der Waals surface area contributed by atoms with E-state index in [2.05, 4.69) is 5.32 Å². The second-order valence-corrected chi connectivity index (χ2v) is 3.40. The third-order valence-corrected chi connectivity index (χ3v) is 2.44. The largest absolute Gasteiger partial charge is 0.394 e. The lowest BCUT2D eigenvalue weighted by atomic mass is 10.1. The van der Waals surface area contributed by atoms with Crippen molar-refractivity contribution in [3.05, 3.63) is 34.3 Å². The quantitative estimate of drug-likeness (QED) is 0.691.